The summed E-state index contributed by atoms with van der Waals surface area (Å²) in [6, 6.07) is 0. The van der Waals surface area contributed by atoms with E-state index in [2.05, 4.69) is 12.2 Å². The molecule has 1 aliphatic rings. The van der Waals surface area contributed by atoms with Crippen molar-refractivity contribution in [2.45, 2.75) is 53.4 Å². The first-order valence-electron chi connectivity index (χ1n) is 7.43. The molecule has 1 unspecified atom stereocenters. The number of carbonyl (C=O) groups is 2. The first-order chi connectivity index (χ1) is 8.86. The largest absolute Gasteiger partial charge is 0.356 e. The van der Waals surface area contributed by atoms with Crippen molar-refractivity contribution < 1.29 is 9.59 Å². The van der Waals surface area contributed by atoms with E-state index < -0.39 is 0 Å². The van der Waals surface area contributed by atoms with E-state index in [-0.39, 0.29) is 23.1 Å². The molecular weight excluding hydrogens is 240 g/mol. The molecule has 0 radical (unpaired) electrons. The third kappa shape index (κ3) is 4.84. The van der Waals surface area contributed by atoms with E-state index in [0.717, 1.165) is 38.8 Å². The van der Waals surface area contributed by atoms with Crippen LogP contribution in [0.25, 0.3) is 0 Å². The van der Waals surface area contributed by atoms with Gasteiger partial charge in [-0.1, -0.05) is 34.1 Å². The van der Waals surface area contributed by atoms with Crippen molar-refractivity contribution in [3.05, 3.63) is 0 Å². The van der Waals surface area contributed by atoms with Gasteiger partial charge in [0.2, 0.25) is 11.8 Å². The lowest BCUT2D eigenvalue weighted by Crippen LogP contribution is -2.48. The van der Waals surface area contributed by atoms with Gasteiger partial charge in [-0.15, -0.1) is 0 Å². The maximum atomic E-state index is 12.2. The highest BCUT2D eigenvalue weighted by Crippen LogP contribution is 2.23. The minimum absolute atomic E-state index is 0.0306. The molecular formula is C15H28N2O2. The fourth-order valence-corrected chi connectivity index (χ4v) is 2.38. The van der Waals surface area contributed by atoms with Crippen molar-refractivity contribution in [2.24, 2.45) is 11.3 Å². The fraction of sp³-hybridized carbons (Fsp3) is 0.867. The number of rotatable bonds is 4. The summed E-state index contributed by atoms with van der Waals surface area (Å²) in [7, 11) is 0. The van der Waals surface area contributed by atoms with Gasteiger partial charge in [-0.25, -0.2) is 0 Å². The average Bonchev–Trinajstić information content (AvgIpc) is 2.37. The minimum Gasteiger partial charge on any atom is -0.356 e. The molecule has 1 rings (SSSR count). The standard InChI is InChI=1S/C15H28N2O2/c1-5-6-9-16-13(18)12-8-7-10-17(11-12)14(19)15(2,3)4/h12H,5-11H2,1-4H3,(H,16,18). The Balaban J connectivity index is 2.50. The monoisotopic (exact) mass is 268 g/mol. The van der Waals surface area contributed by atoms with E-state index in [1.807, 2.05) is 25.7 Å². The van der Waals surface area contributed by atoms with Gasteiger partial charge in [0.1, 0.15) is 0 Å². The summed E-state index contributed by atoms with van der Waals surface area (Å²) in [5.41, 5.74) is -0.361. The molecule has 0 spiro atoms. The van der Waals surface area contributed by atoms with Crippen LogP contribution >= 0.6 is 0 Å². The van der Waals surface area contributed by atoms with Crippen LogP contribution in [-0.2, 0) is 9.59 Å². The minimum atomic E-state index is -0.361. The maximum Gasteiger partial charge on any atom is 0.227 e. The molecule has 2 amide bonds. The highest BCUT2D eigenvalue weighted by Gasteiger charge is 2.33. The zero-order valence-corrected chi connectivity index (χ0v) is 12.8. The Morgan fingerprint density at radius 1 is 1.32 bits per heavy atom. The van der Waals surface area contributed by atoms with Crippen LogP contribution in [0.15, 0.2) is 0 Å². The Morgan fingerprint density at radius 3 is 2.58 bits per heavy atom. The van der Waals surface area contributed by atoms with E-state index in [1.165, 1.54) is 0 Å². The number of nitrogens with one attached hydrogen (secondary N) is 1. The molecule has 0 bridgehead atoms. The topological polar surface area (TPSA) is 49.4 Å². The molecule has 0 aromatic carbocycles. The molecule has 0 saturated carbocycles. The lowest BCUT2D eigenvalue weighted by Gasteiger charge is -2.35. The molecule has 0 aromatic rings. The van der Waals surface area contributed by atoms with Crippen LogP contribution in [-0.4, -0.2) is 36.3 Å². The number of unbranched alkanes of at least 4 members (excludes halogenated alkanes) is 1. The molecule has 110 valence electrons. The summed E-state index contributed by atoms with van der Waals surface area (Å²) in [5.74, 6) is 0.232. The van der Waals surface area contributed by atoms with Gasteiger partial charge in [0.25, 0.3) is 0 Å². The average molecular weight is 268 g/mol. The lowest BCUT2D eigenvalue weighted by atomic mass is 9.91. The summed E-state index contributed by atoms with van der Waals surface area (Å²) in [4.78, 5) is 26.1. The van der Waals surface area contributed by atoms with E-state index in [1.54, 1.807) is 0 Å². The SMILES string of the molecule is CCCCNC(=O)C1CCCN(C(=O)C(C)(C)C)C1. The predicted octanol–water partition coefficient (Wildman–Crippen LogP) is 2.19. The Bertz CT molecular complexity index is 321. The van der Waals surface area contributed by atoms with Gasteiger partial charge in [0.05, 0.1) is 5.92 Å². The second kappa shape index (κ2) is 6.92. The molecule has 4 heteroatoms. The van der Waals surface area contributed by atoms with Gasteiger partial charge in [-0.05, 0) is 19.3 Å². The van der Waals surface area contributed by atoms with Crippen molar-refractivity contribution in [1.29, 1.82) is 0 Å². The molecule has 1 aliphatic heterocycles. The van der Waals surface area contributed by atoms with Gasteiger partial charge in [-0.3, -0.25) is 9.59 Å². The van der Waals surface area contributed by atoms with Crippen molar-refractivity contribution >= 4 is 11.8 Å². The Kier molecular flexibility index (Phi) is 5.83. The summed E-state index contributed by atoms with van der Waals surface area (Å²) >= 11 is 0. The number of likely N-dealkylation sites (tertiary alicyclic amines) is 1. The molecule has 1 fully saturated rings. The third-order valence-electron chi connectivity index (χ3n) is 3.55. The third-order valence-corrected chi connectivity index (χ3v) is 3.55. The molecule has 19 heavy (non-hydrogen) atoms. The Labute approximate surface area is 116 Å². The van der Waals surface area contributed by atoms with E-state index >= 15 is 0 Å². The quantitative estimate of drug-likeness (QED) is 0.795. The van der Waals surface area contributed by atoms with Crippen LogP contribution in [0.5, 0.6) is 0 Å². The zero-order valence-electron chi connectivity index (χ0n) is 12.8. The van der Waals surface area contributed by atoms with Gasteiger partial charge in [0, 0.05) is 25.0 Å². The molecule has 1 saturated heterocycles. The van der Waals surface area contributed by atoms with Crippen molar-refractivity contribution in [3.63, 3.8) is 0 Å². The first-order valence-corrected chi connectivity index (χ1v) is 7.43. The highest BCUT2D eigenvalue weighted by molar-refractivity contribution is 5.83. The van der Waals surface area contributed by atoms with Gasteiger partial charge >= 0.3 is 0 Å². The van der Waals surface area contributed by atoms with Crippen LogP contribution in [0.2, 0.25) is 0 Å². The van der Waals surface area contributed by atoms with Gasteiger partial charge in [0.15, 0.2) is 0 Å². The summed E-state index contributed by atoms with van der Waals surface area (Å²) in [5, 5.41) is 2.97. The molecule has 0 aliphatic carbocycles. The van der Waals surface area contributed by atoms with Crippen LogP contribution in [0.1, 0.15) is 53.4 Å². The number of hydrogen-bond donors (Lipinski definition) is 1. The molecule has 4 nitrogen and oxygen atoms in total. The lowest BCUT2D eigenvalue weighted by molar-refractivity contribution is -0.142. The second-order valence-corrected chi connectivity index (χ2v) is 6.48. The van der Waals surface area contributed by atoms with Crippen LogP contribution in [0.4, 0.5) is 0 Å². The first kappa shape index (κ1) is 16.0. The maximum absolute atomic E-state index is 12.2. The van der Waals surface area contributed by atoms with E-state index in [9.17, 15) is 9.59 Å². The van der Waals surface area contributed by atoms with Crippen molar-refractivity contribution in [2.75, 3.05) is 19.6 Å². The van der Waals surface area contributed by atoms with Gasteiger partial charge in [-0.2, -0.15) is 0 Å². The summed E-state index contributed by atoms with van der Waals surface area (Å²) in [6.07, 6.45) is 3.92. The van der Waals surface area contributed by atoms with E-state index in [0.29, 0.717) is 6.54 Å². The highest BCUT2D eigenvalue weighted by atomic mass is 16.2. The van der Waals surface area contributed by atoms with Gasteiger partial charge < -0.3 is 10.2 Å². The van der Waals surface area contributed by atoms with Crippen LogP contribution in [0, 0.1) is 11.3 Å². The number of carbonyl (C=O) groups excluding carboxylic acids is 2. The smallest absolute Gasteiger partial charge is 0.227 e. The normalized spacial score (nSPS) is 20.2. The molecule has 0 aromatic heterocycles. The number of piperidine rings is 1. The Morgan fingerprint density at radius 2 is 2.00 bits per heavy atom. The van der Waals surface area contributed by atoms with Crippen molar-refractivity contribution in [3.8, 4) is 0 Å². The van der Waals surface area contributed by atoms with Crippen LogP contribution < -0.4 is 5.32 Å². The number of nitrogens with zero attached hydrogens (tertiary/aromatic N) is 1. The van der Waals surface area contributed by atoms with Crippen LogP contribution in [0.3, 0.4) is 0 Å². The predicted molar refractivity (Wildman–Crippen MR) is 76.7 cm³/mol. The second-order valence-electron chi connectivity index (χ2n) is 6.48. The number of hydrogen-bond acceptors (Lipinski definition) is 2. The number of amides is 2. The molecule has 1 heterocycles. The summed E-state index contributed by atoms with van der Waals surface area (Å²) < 4.78 is 0. The fourth-order valence-electron chi connectivity index (χ4n) is 2.38. The summed E-state index contributed by atoms with van der Waals surface area (Å²) in [6.45, 7) is 10.0. The van der Waals surface area contributed by atoms with E-state index in [4.69, 9.17) is 0 Å². The zero-order chi connectivity index (χ0) is 14.5. The molecule has 1 N–H and O–H groups in total. The van der Waals surface area contributed by atoms with Crippen molar-refractivity contribution in [1.82, 2.24) is 10.2 Å². The Hall–Kier alpha value is -1.06. The molecule has 1 atom stereocenters.